The largest absolute Gasteiger partial charge is 0.496 e. The van der Waals surface area contributed by atoms with Crippen molar-refractivity contribution >= 4 is 22.2 Å². The highest BCUT2D eigenvalue weighted by Crippen LogP contribution is 2.29. The average molecular weight is 287 g/mol. The fraction of sp³-hybridized carbons (Fsp3) is 0.417. The summed E-state index contributed by atoms with van der Waals surface area (Å²) in [7, 11) is 3.28. The van der Waals surface area contributed by atoms with Crippen LogP contribution in [0.15, 0.2) is 16.6 Å². The van der Waals surface area contributed by atoms with Crippen molar-refractivity contribution < 1.29 is 14.3 Å². The standard InChI is InChI=1S/C12H15BrO3/c1-15-8-10-7-12(16-2)11(13)6-9(10)4-3-5-14/h5-7H,3-4,8H2,1-2H3. The summed E-state index contributed by atoms with van der Waals surface area (Å²) < 4.78 is 11.2. The Balaban J connectivity index is 3.02. The molecule has 0 heterocycles. The lowest BCUT2D eigenvalue weighted by molar-refractivity contribution is -0.107. The second-order valence-electron chi connectivity index (χ2n) is 3.39. The van der Waals surface area contributed by atoms with Gasteiger partial charge in [0.25, 0.3) is 0 Å². The Hall–Kier alpha value is -0.870. The van der Waals surface area contributed by atoms with Crippen LogP contribution >= 0.6 is 15.9 Å². The molecule has 0 saturated carbocycles. The molecular weight excluding hydrogens is 272 g/mol. The molecule has 1 aromatic rings. The normalized spacial score (nSPS) is 10.2. The summed E-state index contributed by atoms with van der Waals surface area (Å²) in [6.07, 6.45) is 2.18. The third kappa shape index (κ3) is 3.32. The molecule has 1 aromatic carbocycles. The molecule has 0 N–H and O–H groups in total. The molecule has 0 fully saturated rings. The van der Waals surface area contributed by atoms with Crippen molar-refractivity contribution in [2.45, 2.75) is 19.4 Å². The molecule has 0 aliphatic rings. The maximum Gasteiger partial charge on any atom is 0.133 e. The maximum atomic E-state index is 10.4. The quantitative estimate of drug-likeness (QED) is 0.755. The number of hydrogen-bond donors (Lipinski definition) is 0. The van der Waals surface area contributed by atoms with E-state index in [-0.39, 0.29) is 0 Å². The summed E-state index contributed by atoms with van der Waals surface area (Å²) >= 11 is 3.43. The van der Waals surface area contributed by atoms with Crippen molar-refractivity contribution in [3.8, 4) is 5.75 Å². The van der Waals surface area contributed by atoms with Crippen LogP contribution in [-0.2, 0) is 22.6 Å². The van der Waals surface area contributed by atoms with Crippen LogP contribution in [-0.4, -0.2) is 20.5 Å². The first-order valence-corrected chi connectivity index (χ1v) is 5.80. The fourth-order valence-electron chi connectivity index (χ4n) is 1.53. The van der Waals surface area contributed by atoms with Crippen LogP contribution < -0.4 is 4.74 Å². The molecule has 0 aromatic heterocycles. The van der Waals surface area contributed by atoms with Gasteiger partial charge in [-0.1, -0.05) is 0 Å². The number of carbonyl (C=O) groups is 1. The van der Waals surface area contributed by atoms with Crippen LogP contribution in [0, 0.1) is 0 Å². The Morgan fingerprint density at radius 2 is 2.06 bits per heavy atom. The van der Waals surface area contributed by atoms with E-state index in [1.165, 1.54) is 0 Å². The van der Waals surface area contributed by atoms with Gasteiger partial charge in [-0.05, 0) is 45.6 Å². The second-order valence-corrected chi connectivity index (χ2v) is 4.25. The summed E-state index contributed by atoms with van der Waals surface area (Å²) in [5, 5.41) is 0. The molecule has 0 amide bonds. The molecule has 0 aliphatic carbocycles. The van der Waals surface area contributed by atoms with Gasteiger partial charge >= 0.3 is 0 Å². The van der Waals surface area contributed by atoms with Crippen LogP contribution in [0.3, 0.4) is 0 Å². The molecule has 0 radical (unpaired) electrons. The van der Waals surface area contributed by atoms with Gasteiger partial charge in [-0.15, -0.1) is 0 Å². The Morgan fingerprint density at radius 1 is 1.31 bits per heavy atom. The first-order chi connectivity index (χ1) is 7.72. The Kier molecular flexibility index (Phi) is 5.49. The Morgan fingerprint density at radius 3 is 2.62 bits per heavy atom. The zero-order chi connectivity index (χ0) is 12.0. The SMILES string of the molecule is COCc1cc(OC)c(Br)cc1CCC=O. The van der Waals surface area contributed by atoms with Gasteiger partial charge in [0.05, 0.1) is 18.2 Å². The Bertz CT molecular complexity index is 364. The average Bonchev–Trinajstić information content (AvgIpc) is 2.29. The van der Waals surface area contributed by atoms with Crippen molar-refractivity contribution in [3.63, 3.8) is 0 Å². The van der Waals surface area contributed by atoms with Gasteiger partial charge < -0.3 is 14.3 Å². The second kappa shape index (κ2) is 6.66. The lowest BCUT2D eigenvalue weighted by Crippen LogP contribution is -1.99. The van der Waals surface area contributed by atoms with Crippen LogP contribution in [0.1, 0.15) is 17.5 Å². The summed E-state index contributed by atoms with van der Waals surface area (Å²) in [4.78, 5) is 10.4. The number of methoxy groups -OCH3 is 2. The predicted octanol–water partition coefficient (Wildman–Crippen LogP) is 2.74. The van der Waals surface area contributed by atoms with E-state index in [1.54, 1.807) is 14.2 Å². The zero-order valence-electron chi connectivity index (χ0n) is 9.46. The molecule has 4 heteroatoms. The summed E-state index contributed by atoms with van der Waals surface area (Å²) in [5.41, 5.74) is 2.17. The van der Waals surface area contributed by atoms with E-state index >= 15 is 0 Å². The van der Waals surface area contributed by atoms with Crippen molar-refractivity contribution in [1.29, 1.82) is 0 Å². The van der Waals surface area contributed by atoms with Crippen LogP contribution in [0.2, 0.25) is 0 Å². The number of benzene rings is 1. The van der Waals surface area contributed by atoms with Crippen LogP contribution in [0.4, 0.5) is 0 Å². The molecule has 1 rings (SSSR count). The summed E-state index contributed by atoms with van der Waals surface area (Å²) in [5.74, 6) is 0.780. The maximum absolute atomic E-state index is 10.4. The van der Waals surface area contributed by atoms with Crippen molar-refractivity contribution in [3.05, 3.63) is 27.7 Å². The number of aryl methyl sites for hydroxylation is 1. The molecule has 0 spiro atoms. The monoisotopic (exact) mass is 286 g/mol. The molecule has 3 nitrogen and oxygen atoms in total. The third-order valence-corrected chi connectivity index (χ3v) is 2.93. The van der Waals surface area contributed by atoms with Crippen LogP contribution in [0.25, 0.3) is 0 Å². The molecule has 0 aliphatic heterocycles. The van der Waals surface area contributed by atoms with Gasteiger partial charge in [0.15, 0.2) is 0 Å². The zero-order valence-corrected chi connectivity index (χ0v) is 11.0. The van der Waals surface area contributed by atoms with Gasteiger partial charge in [-0.25, -0.2) is 0 Å². The van der Waals surface area contributed by atoms with E-state index in [2.05, 4.69) is 15.9 Å². The first kappa shape index (κ1) is 13.2. The van der Waals surface area contributed by atoms with E-state index in [0.29, 0.717) is 13.0 Å². The van der Waals surface area contributed by atoms with E-state index in [9.17, 15) is 4.79 Å². The minimum absolute atomic E-state index is 0.523. The Labute approximate surface area is 104 Å². The molecule has 0 bridgehead atoms. The predicted molar refractivity (Wildman–Crippen MR) is 65.8 cm³/mol. The third-order valence-electron chi connectivity index (χ3n) is 2.31. The van der Waals surface area contributed by atoms with Crippen molar-refractivity contribution in [2.75, 3.05) is 14.2 Å². The van der Waals surface area contributed by atoms with Crippen molar-refractivity contribution in [1.82, 2.24) is 0 Å². The number of halogens is 1. The topological polar surface area (TPSA) is 35.5 Å². The summed E-state index contributed by atoms with van der Waals surface area (Å²) in [6.45, 7) is 0.526. The van der Waals surface area contributed by atoms with Gasteiger partial charge in [0.1, 0.15) is 12.0 Å². The van der Waals surface area contributed by atoms with E-state index in [1.807, 2.05) is 12.1 Å². The minimum atomic E-state index is 0.523. The van der Waals surface area contributed by atoms with Gasteiger partial charge in [-0.2, -0.15) is 0 Å². The lowest BCUT2D eigenvalue weighted by Gasteiger charge is -2.12. The lowest BCUT2D eigenvalue weighted by atomic mass is 10.0. The van der Waals surface area contributed by atoms with E-state index in [0.717, 1.165) is 34.1 Å². The molecule has 0 unspecified atom stereocenters. The van der Waals surface area contributed by atoms with Crippen molar-refractivity contribution in [2.24, 2.45) is 0 Å². The highest BCUT2D eigenvalue weighted by atomic mass is 79.9. The fourth-order valence-corrected chi connectivity index (χ4v) is 2.08. The summed E-state index contributed by atoms with van der Waals surface area (Å²) in [6, 6.07) is 3.92. The molecule has 16 heavy (non-hydrogen) atoms. The van der Waals surface area contributed by atoms with Gasteiger partial charge in [-0.3, -0.25) is 0 Å². The highest BCUT2D eigenvalue weighted by molar-refractivity contribution is 9.10. The molecular formula is C12H15BrO3. The number of rotatable bonds is 6. The number of aldehydes is 1. The number of carbonyl (C=O) groups excluding carboxylic acids is 1. The van der Waals surface area contributed by atoms with E-state index in [4.69, 9.17) is 9.47 Å². The molecule has 0 atom stereocenters. The molecule has 88 valence electrons. The van der Waals surface area contributed by atoms with E-state index < -0.39 is 0 Å². The van der Waals surface area contributed by atoms with Gasteiger partial charge in [0.2, 0.25) is 0 Å². The number of hydrogen-bond acceptors (Lipinski definition) is 3. The first-order valence-electron chi connectivity index (χ1n) is 5.00. The smallest absolute Gasteiger partial charge is 0.133 e. The number of ether oxygens (including phenoxy) is 2. The van der Waals surface area contributed by atoms with Crippen LogP contribution in [0.5, 0.6) is 5.75 Å². The minimum Gasteiger partial charge on any atom is -0.496 e. The molecule has 0 saturated heterocycles. The highest BCUT2D eigenvalue weighted by Gasteiger charge is 2.08. The van der Waals surface area contributed by atoms with Gasteiger partial charge in [0, 0.05) is 13.5 Å².